The molecule has 1 heterocycles. The lowest BCUT2D eigenvalue weighted by molar-refractivity contribution is -0.274. The van der Waals surface area contributed by atoms with Crippen molar-refractivity contribution < 1.29 is 17.9 Å². The summed E-state index contributed by atoms with van der Waals surface area (Å²) in [4.78, 5) is 0. The monoisotopic (exact) mass is 167 g/mol. The summed E-state index contributed by atoms with van der Waals surface area (Å²) in [5.41, 5.74) is 0. The molecule has 0 aliphatic heterocycles. The summed E-state index contributed by atoms with van der Waals surface area (Å²) < 4.78 is 37.6. The van der Waals surface area contributed by atoms with Gasteiger partial charge in [0.2, 0.25) is 0 Å². The third kappa shape index (κ3) is 2.26. The summed E-state index contributed by atoms with van der Waals surface area (Å²) >= 11 is 1.03. The molecule has 0 spiro atoms. The molecule has 0 saturated carbocycles. The molecule has 5 heteroatoms. The lowest BCUT2D eigenvalue weighted by atomic mass is 10.6. The van der Waals surface area contributed by atoms with Gasteiger partial charge in [0.15, 0.2) is 0 Å². The number of halogens is 3. The van der Waals surface area contributed by atoms with E-state index in [9.17, 15) is 13.2 Å². The Balaban J connectivity index is 2.57. The summed E-state index contributed by atoms with van der Waals surface area (Å²) in [7, 11) is 0. The Morgan fingerprint density at radius 2 is 2.20 bits per heavy atom. The Morgan fingerprint density at radius 3 is 2.60 bits per heavy atom. The fraction of sp³-hybridized carbons (Fsp3) is 0.200. The van der Waals surface area contributed by atoms with Crippen LogP contribution >= 0.6 is 11.3 Å². The number of ether oxygens (including phenoxy) is 1. The van der Waals surface area contributed by atoms with Crippen molar-refractivity contribution in [2.75, 3.05) is 0 Å². The Kier molecular flexibility index (Phi) is 1.85. The standard InChI is InChI=1S/C5H2F3OS/c6-5(7,8)9-4-1-2-10-3-4/h1-2H. The molecule has 0 aliphatic rings. The van der Waals surface area contributed by atoms with E-state index in [0.717, 1.165) is 11.3 Å². The molecule has 0 bridgehead atoms. The number of hydrogen-bond donors (Lipinski definition) is 0. The highest BCUT2D eigenvalue weighted by Gasteiger charge is 2.31. The first-order valence-corrected chi connectivity index (χ1v) is 3.17. The van der Waals surface area contributed by atoms with Crippen LogP contribution in [0.2, 0.25) is 0 Å². The zero-order chi connectivity index (χ0) is 7.61. The first-order chi connectivity index (χ1) is 4.58. The molecule has 0 unspecified atom stereocenters. The van der Waals surface area contributed by atoms with E-state index >= 15 is 0 Å². The number of hydrogen-bond acceptors (Lipinski definition) is 2. The topological polar surface area (TPSA) is 9.23 Å². The maximum Gasteiger partial charge on any atom is 0.573 e. The van der Waals surface area contributed by atoms with Gasteiger partial charge in [-0.3, -0.25) is 0 Å². The second kappa shape index (κ2) is 2.49. The van der Waals surface area contributed by atoms with Crippen LogP contribution in [0.1, 0.15) is 0 Å². The van der Waals surface area contributed by atoms with Crippen molar-refractivity contribution in [3.8, 4) is 5.75 Å². The molecule has 1 aromatic rings. The molecule has 55 valence electrons. The van der Waals surface area contributed by atoms with Crippen LogP contribution in [-0.2, 0) is 0 Å². The van der Waals surface area contributed by atoms with Gasteiger partial charge in [-0.1, -0.05) is 0 Å². The summed E-state index contributed by atoms with van der Waals surface area (Å²) in [6, 6.07) is 1.21. The van der Waals surface area contributed by atoms with E-state index in [4.69, 9.17) is 0 Å². The molecule has 1 radical (unpaired) electrons. The number of thiophene rings is 1. The van der Waals surface area contributed by atoms with Crippen molar-refractivity contribution in [2.45, 2.75) is 6.36 Å². The van der Waals surface area contributed by atoms with Crippen LogP contribution in [0.25, 0.3) is 0 Å². The van der Waals surface area contributed by atoms with E-state index in [-0.39, 0.29) is 5.75 Å². The van der Waals surface area contributed by atoms with Gasteiger partial charge >= 0.3 is 6.36 Å². The molecule has 0 aliphatic carbocycles. The van der Waals surface area contributed by atoms with Gasteiger partial charge in [0.05, 0.1) is 5.38 Å². The van der Waals surface area contributed by atoms with Gasteiger partial charge in [-0.05, 0) is 11.4 Å². The van der Waals surface area contributed by atoms with Crippen LogP contribution in [-0.4, -0.2) is 6.36 Å². The van der Waals surface area contributed by atoms with Gasteiger partial charge in [0, 0.05) is 0 Å². The van der Waals surface area contributed by atoms with E-state index < -0.39 is 6.36 Å². The molecule has 10 heavy (non-hydrogen) atoms. The van der Waals surface area contributed by atoms with Gasteiger partial charge in [-0.25, -0.2) is 0 Å². The number of rotatable bonds is 1. The maximum absolute atomic E-state index is 11.4. The molecule has 0 N–H and O–H groups in total. The summed E-state index contributed by atoms with van der Waals surface area (Å²) in [5, 5.41) is 3.75. The van der Waals surface area contributed by atoms with E-state index in [1.54, 1.807) is 0 Å². The van der Waals surface area contributed by atoms with Gasteiger partial charge in [0.25, 0.3) is 0 Å². The van der Waals surface area contributed by atoms with E-state index in [1.807, 2.05) is 0 Å². The summed E-state index contributed by atoms with van der Waals surface area (Å²) in [5.74, 6) is -0.280. The van der Waals surface area contributed by atoms with Crippen molar-refractivity contribution in [2.24, 2.45) is 0 Å². The highest BCUT2D eigenvalue weighted by Crippen LogP contribution is 2.23. The molecular formula is C5H2F3OS. The minimum atomic E-state index is -4.60. The lowest BCUT2D eigenvalue weighted by Crippen LogP contribution is -2.16. The molecule has 0 aromatic carbocycles. The normalized spacial score (nSPS) is 11.5. The second-order valence-corrected chi connectivity index (χ2v) is 2.15. The van der Waals surface area contributed by atoms with Crippen LogP contribution in [0.5, 0.6) is 5.75 Å². The summed E-state index contributed by atoms with van der Waals surface area (Å²) in [6.07, 6.45) is -4.60. The Morgan fingerprint density at radius 1 is 1.50 bits per heavy atom. The molecule has 0 atom stereocenters. The van der Waals surface area contributed by atoms with Crippen molar-refractivity contribution in [1.29, 1.82) is 0 Å². The average molecular weight is 167 g/mol. The van der Waals surface area contributed by atoms with Crippen LogP contribution < -0.4 is 4.74 Å². The molecule has 1 aromatic heterocycles. The van der Waals surface area contributed by atoms with Crippen LogP contribution in [0.4, 0.5) is 13.2 Å². The minimum Gasteiger partial charge on any atom is -0.404 e. The predicted octanol–water partition coefficient (Wildman–Crippen LogP) is 2.45. The molecule has 1 rings (SSSR count). The number of alkyl halides is 3. The van der Waals surface area contributed by atoms with E-state index in [1.165, 1.54) is 11.4 Å². The van der Waals surface area contributed by atoms with E-state index in [0.29, 0.717) is 0 Å². The smallest absolute Gasteiger partial charge is 0.404 e. The fourth-order valence-electron chi connectivity index (χ4n) is 0.401. The average Bonchev–Trinajstić information content (AvgIpc) is 2.12. The van der Waals surface area contributed by atoms with Crippen LogP contribution in [0.3, 0.4) is 0 Å². The van der Waals surface area contributed by atoms with Gasteiger partial charge in [-0.15, -0.1) is 24.5 Å². The SMILES string of the molecule is FC(F)(F)Oc1[c]scc1. The largest absolute Gasteiger partial charge is 0.573 e. The molecule has 0 fully saturated rings. The molecule has 0 amide bonds. The Bertz CT molecular complexity index is 191. The Labute approximate surface area is 59.0 Å². The Hall–Kier alpha value is -0.710. The predicted molar refractivity (Wildman–Crippen MR) is 29.8 cm³/mol. The van der Waals surface area contributed by atoms with E-state index in [2.05, 4.69) is 10.1 Å². The minimum absolute atomic E-state index is 0.280. The van der Waals surface area contributed by atoms with Crippen molar-refractivity contribution in [3.05, 3.63) is 16.8 Å². The first kappa shape index (κ1) is 7.40. The zero-order valence-corrected chi connectivity index (χ0v) is 5.42. The first-order valence-electron chi connectivity index (χ1n) is 2.29. The van der Waals surface area contributed by atoms with Crippen molar-refractivity contribution in [1.82, 2.24) is 0 Å². The van der Waals surface area contributed by atoms with Gasteiger partial charge < -0.3 is 4.74 Å². The van der Waals surface area contributed by atoms with Gasteiger partial charge in [0.1, 0.15) is 5.75 Å². The molecule has 1 nitrogen and oxygen atoms in total. The lowest BCUT2D eigenvalue weighted by Gasteiger charge is -2.04. The fourth-order valence-corrected chi connectivity index (χ4v) is 0.887. The summed E-state index contributed by atoms with van der Waals surface area (Å²) in [6.45, 7) is 0. The quantitative estimate of drug-likeness (QED) is 0.624. The third-order valence-corrected chi connectivity index (χ3v) is 1.26. The highest BCUT2D eigenvalue weighted by atomic mass is 32.1. The van der Waals surface area contributed by atoms with Crippen LogP contribution in [0.15, 0.2) is 11.4 Å². The van der Waals surface area contributed by atoms with Crippen LogP contribution in [0, 0.1) is 5.38 Å². The zero-order valence-electron chi connectivity index (χ0n) is 4.61. The van der Waals surface area contributed by atoms with Gasteiger partial charge in [-0.2, -0.15) is 0 Å². The molecular weight excluding hydrogens is 165 g/mol. The second-order valence-electron chi connectivity index (χ2n) is 1.43. The highest BCUT2D eigenvalue weighted by molar-refractivity contribution is 7.07. The molecule has 0 saturated heterocycles. The third-order valence-electron chi connectivity index (χ3n) is 0.673. The van der Waals surface area contributed by atoms with Crippen molar-refractivity contribution in [3.63, 3.8) is 0 Å². The maximum atomic E-state index is 11.4. The van der Waals surface area contributed by atoms with Crippen molar-refractivity contribution >= 4 is 11.3 Å².